The third-order valence-electron chi connectivity index (χ3n) is 4.09. The molecule has 144 valence electrons. The number of para-hydroxylation sites is 2. The van der Waals surface area contributed by atoms with E-state index in [1.54, 1.807) is 11.4 Å². The number of fused-ring (bicyclic) bond motifs is 1. The van der Waals surface area contributed by atoms with Crippen LogP contribution in [0.4, 0.5) is 0 Å². The number of sulfonamides is 1. The number of imidazole rings is 1. The fraction of sp³-hybridized carbons (Fsp3) is 0.333. The molecule has 0 aliphatic heterocycles. The van der Waals surface area contributed by atoms with E-state index in [4.69, 9.17) is 0 Å². The van der Waals surface area contributed by atoms with E-state index in [1.165, 1.54) is 6.07 Å². The lowest BCUT2D eigenvalue weighted by Crippen LogP contribution is -2.35. The van der Waals surface area contributed by atoms with Crippen molar-refractivity contribution < 1.29 is 13.2 Å². The second kappa shape index (κ2) is 8.20. The Kier molecular flexibility index (Phi) is 5.93. The van der Waals surface area contributed by atoms with E-state index < -0.39 is 10.0 Å². The number of rotatable bonds is 8. The molecule has 0 fully saturated rings. The fourth-order valence-electron chi connectivity index (χ4n) is 2.70. The first kappa shape index (κ1) is 19.5. The second-order valence-corrected chi connectivity index (χ2v) is 9.45. The van der Waals surface area contributed by atoms with Crippen molar-refractivity contribution in [2.45, 2.75) is 30.5 Å². The molecule has 0 saturated heterocycles. The Bertz CT molecular complexity index is 977. The average Bonchev–Trinajstić information content (AvgIpc) is 3.28. The zero-order valence-electron chi connectivity index (χ0n) is 15.1. The number of benzene rings is 1. The number of nitrogens with zero attached hydrogens (tertiary/aromatic N) is 1. The summed E-state index contributed by atoms with van der Waals surface area (Å²) in [6.45, 7) is 4.03. The molecule has 3 N–H and O–H groups in total. The van der Waals surface area contributed by atoms with Crippen molar-refractivity contribution in [3.8, 4) is 0 Å². The fourth-order valence-corrected chi connectivity index (χ4v) is 4.77. The largest absolute Gasteiger partial charge is 0.346 e. The molecule has 27 heavy (non-hydrogen) atoms. The van der Waals surface area contributed by atoms with Crippen LogP contribution in [0.1, 0.15) is 32.1 Å². The minimum Gasteiger partial charge on any atom is -0.346 e. The van der Waals surface area contributed by atoms with E-state index >= 15 is 0 Å². The van der Waals surface area contributed by atoms with Crippen molar-refractivity contribution in [2.75, 3.05) is 6.54 Å². The Morgan fingerprint density at radius 2 is 2.00 bits per heavy atom. The maximum Gasteiger partial charge on any atom is 0.250 e. The predicted molar refractivity (Wildman–Crippen MR) is 106 cm³/mol. The highest BCUT2D eigenvalue weighted by molar-refractivity contribution is 7.91. The molecule has 0 spiro atoms. The van der Waals surface area contributed by atoms with Crippen LogP contribution in [0.25, 0.3) is 11.0 Å². The Hall–Kier alpha value is -2.23. The van der Waals surface area contributed by atoms with Gasteiger partial charge in [-0.05, 0) is 29.5 Å². The number of amides is 1. The second-order valence-electron chi connectivity index (χ2n) is 6.51. The molecule has 3 aromatic rings. The van der Waals surface area contributed by atoms with Crippen molar-refractivity contribution in [3.63, 3.8) is 0 Å². The highest BCUT2D eigenvalue weighted by Crippen LogP contribution is 2.22. The average molecular weight is 407 g/mol. The normalized spacial score (nSPS) is 13.1. The molecule has 0 radical (unpaired) electrons. The topological polar surface area (TPSA) is 104 Å². The van der Waals surface area contributed by atoms with Gasteiger partial charge in [0.15, 0.2) is 0 Å². The van der Waals surface area contributed by atoms with E-state index in [-0.39, 0.29) is 35.0 Å². The van der Waals surface area contributed by atoms with Crippen molar-refractivity contribution >= 4 is 38.3 Å². The van der Waals surface area contributed by atoms with Crippen LogP contribution in [0.5, 0.6) is 0 Å². The first-order valence-electron chi connectivity index (χ1n) is 8.64. The van der Waals surface area contributed by atoms with Crippen LogP contribution in [0, 0.1) is 5.92 Å². The van der Waals surface area contributed by atoms with Gasteiger partial charge in [0.2, 0.25) is 15.9 Å². The SMILES string of the molecule is CC(C)[C@@H](NC(=O)CCNS(=O)(=O)c1cccs1)c1nc2ccccc2[nH]1. The van der Waals surface area contributed by atoms with Gasteiger partial charge in [-0.15, -0.1) is 11.3 Å². The van der Waals surface area contributed by atoms with Crippen LogP contribution >= 0.6 is 11.3 Å². The molecule has 0 bridgehead atoms. The zero-order valence-corrected chi connectivity index (χ0v) is 16.7. The zero-order chi connectivity index (χ0) is 19.4. The lowest BCUT2D eigenvalue weighted by atomic mass is 10.0. The maximum atomic E-state index is 12.3. The molecule has 0 saturated carbocycles. The van der Waals surface area contributed by atoms with Gasteiger partial charge in [0, 0.05) is 13.0 Å². The summed E-state index contributed by atoms with van der Waals surface area (Å²) in [5, 5.41) is 4.65. The molecule has 1 aromatic carbocycles. The van der Waals surface area contributed by atoms with Crippen LogP contribution < -0.4 is 10.0 Å². The summed E-state index contributed by atoms with van der Waals surface area (Å²) >= 11 is 1.14. The maximum absolute atomic E-state index is 12.3. The molecule has 2 heterocycles. The van der Waals surface area contributed by atoms with Crippen LogP contribution in [0.3, 0.4) is 0 Å². The summed E-state index contributed by atoms with van der Waals surface area (Å²) in [6, 6.07) is 10.6. The van der Waals surface area contributed by atoms with Gasteiger partial charge in [-0.2, -0.15) is 0 Å². The van der Waals surface area contributed by atoms with E-state index in [1.807, 2.05) is 38.1 Å². The van der Waals surface area contributed by atoms with Crippen LogP contribution in [-0.4, -0.2) is 30.8 Å². The van der Waals surface area contributed by atoms with Crippen molar-refractivity contribution in [2.24, 2.45) is 5.92 Å². The lowest BCUT2D eigenvalue weighted by molar-refractivity contribution is -0.122. The number of aromatic amines is 1. The summed E-state index contributed by atoms with van der Waals surface area (Å²) in [5.41, 5.74) is 1.76. The predicted octanol–water partition coefficient (Wildman–Crippen LogP) is 2.81. The smallest absolute Gasteiger partial charge is 0.250 e. The number of H-pyrrole nitrogens is 1. The molecule has 1 amide bonds. The number of thiophene rings is 1. The van der Waals surface area contributed by atoms with Gasteiger partial charge in [-0.25, -0.2) is 18.1 Å². The number of hydrogen-bond acceptors (Lipinski definition) is 5. The molecular weight excluding hydrogens is 384 g/mol. The first-order valence-corrected chi connectivity index (χ1v) is 11.0. The molecular formula is C18H22N4O3S2. The highest BCUT2D eigenvalue weighted by Gasteiger charge is 2.22. The minimum absolute atomic E-state index is 0.0387. The van der Waals surface area contributed by atoms with E-state index in [9.17, 15) is 13.2 Å². The first-order chi connectivity index (χ1) is 12.9. The third-order valence-corrected chi connectivity index (χ3v) is 6.95. The van der Waals surface area contributed by atoms with Gasteiger partial charge in [-0.3, -0.25) is 4.79 Å². The van der Waals surface area contributed by atoms with Gasteiger partial charge < -0.3 is 10.3 Å². The number of carbonyl (C=O) groups is 1. The van der Waals surface area contributed by atoms with Crippen LogP contribution in [0.2, 0.25) is 0 Å². The summed E-state index contributed by atoms with van der Waals surface area (Å²) in [4.78, 5) is 20.1. The van der Waals surface area contributed by atoms with E-state index in [2.05, 4.69) is 20.0 Å². The Morgan fingerprint density at radius 3 is 2.67 bits per heavy atom. The molecule has 7 nitrogen and oxygen atoms in total. The Labute approximate surface area is 162 Å². The van der Waals surface area contributed by atoms with Crippen molar-refractivity contribution in [1.82, 2.24) is 20.0 Å². The molecule has 9 heteroatoms. The van der Waals surface area contributed by atoms with Gasteiger partial charge >= 0.3 is 0 Å². The molecule has 3 rings (SSSR count). The number of carbonyl (C=O) groups excluding carboxylic acids is 1. The monoisotopic (exact) mass is 406 g/mol. The lowest BCUT2D eigenvalue weighted by Gasteiger charge is -2.20. The number of hydrogen-bond donors (Lipinski definition) is 3. The molecule has 0 aliphatic carbocycles. The summed E-state index contributed by atoms with van der Waals surface area (Å²) < 4.78 is 26.9. The third kappa shape index (κ3) is 4.74. The number of aromatic nitrogens is 2. The van der Waals surface area contributed by atoms with Crippen LogP contribution in [0.15, 0.2) is 46.0 Å². The van der Waals surface area contributed by atoms with E-state index in [0.29, 0.717) is 5.82 Å². The minimum atomic E-state index is -3.56. The molecule has 0 unspecified atom stereocenters. The van der Waals surface area contributed by atoms with Gasteiger partial charge in [-0.1, -0.05) is 32.0 Å². The van der Waals surface area contributed by atoms with Crippen LogP contribution in [-0.2, 0) is 14.8 Å². The van der Waals surface area contributed by atoms with E-state index in [0.717, 1.165) is 22.4 Å². The Morgan fingerprint density at radius 1 is 1.22 bits per heavy atom. The standard InChI is InChI=1S/C18H22N4O3S2/c1-12(2)17(18-20-13-6-3-4-7-14(13)21-18)22-15(23)9-10-19-27(24,25)16-8-5-11-26-16/h3-8,11-12,17,19H,9-10H2,1-2H3,(H,20,21)(H,22,23)/t17-/m1/s1. The van der Waals surface area contributed by atoms with Crippen molar-refractivity contribution in [3.05, 3.63) is 47.6 Å². The Balaban J connectivity index is 1.60. The quantitative estimate of drug-likeness (QED) is 0.535. The highest BCUT2D eigenvalue weighted by atomic mass is 32.2. The molecule has 1 atom stereocenters. The molecule has 0 aliphatic rings. The summed E-state index contributed by atoms with van der Waals surface area (Å²) in [5.74, 6) is 0.582. The van der Waals surface area contributed by atoms with Crippen molar-refractivity contribution in [1.29, 1.82) is 0 Å². The molecule has 2 aromatic heterocycles. The summed E-state index contributed by atoms with van der Waals surface area (Å²) in [6.07, 6.45) is 0.0497. The van der Waals surface area contributed by atoms with Gasteiger partial charge in [0.25, 0.3) is 0 Å². The van der Waals surface area contributed by atoms with Gasteiger partial charge in [0.1, 0.15) is 10.0 Å². The number of nitrogens with one attached hydrogen (secondary N) is 3. The van der Waals surface area contributed by atoms with Gasteiger partial charge in [0.05, 0.1) is 17.1 Å². The summed E-state index contributed by atoms with van der Waals surface area (Å²) in [7, 11) is -3.56.